The molecule has 7 nitrogen and oxygen atoms in total. The molecule has 0 spiro atoms. The molecule has 0 unspecified atom stereocenters. The summed E-state index contributed by atoms with van der Waals surface area (Å²) >= 11 is 0. The summed E-state index contributed by atoms with van der Waals surface area (Å²) in [5.41, 5.74) is -0.726. The average molecular weight is 374 g/mol. The SMILES string of the molecule is Cc1cc(NC(=O)C(C)(C)C(=O)N2CCN(c3ccccc3F)CC2)no1. The molecule has 0 aliphatic carbocycles. The first-order valence-electron chi connectivity index (χ1n) is 8.82. The van der Waals surface area contributed by atoms with Crippen LogP contribution in [0.3, 0.4) is 0 Å². The smallest absolute Gasteiger partial charge is 0.240 e. The first kappa shape index (κ1) is 18.9. The Balaban J connectivity index is 1.62. The second-order valence-electron chi connectivity index (χ2n) is 7.13. The fourth-order valence-corrected chi connectivity index (χ4v) is 3.05. The fourth-order valence-electron chi connectivity index (χ4n) is 3.05. The zero-order chi connectivity index (χ0) is 19.6. The number of nitrogens with zero attached hydrogens (tertiary/aromatic N) is 3. The maximum atomic E-state index is 13.9. The number of nitrogens with one attached hydrogen (secondary N) is 1. The predicted molar refractivity (Wildman–Crippen MR) is 98.8 cm³/mol. The number of piperazine rings is 1. The summed E-state index contributed by atoms with van der Waals surface area (Å²) < 4.78 is 18.9. The maximum Gasteiger partial charge on any atom is 0.240 e. The van der Waals surface area contributed by atoms with Crippen LogP contribution in [0.25, 0.3) is 0 Å². The number of carbonyl (C=O) groups is 2. The van der Waals surface area contributed by atoms with Gasteiger partial charge in [0.1, 0.15) is 17.0 Å². The lowest BCUT2D eigenvalue weighted by Gasteiger charge is -2.39. The summed E-state index contributed by atoms with van der Waals surface area (Å²) in [5.74, 6) is -0.146. The second kappa shape index (κ2) is 7.38. The number of anilines is 2. The van der Waals surface area contributed by atoms with E-state index in [4.69, 9.17) is 4.52 Å². The first-order chi connectivity index (χ1) is 12.8. The van der Waals surface area contributed by atoms with Crippen LogP contribution < -0.4 is 10.2 Å². The molecule has 1 saturated heterocycles. The van der Waals surface area contributed by atoms with E-state index in [1.165, 1.54) is 6.07 Å². The molecule has 1 fully saturated rings. The maximum absolute atomic E-state index is 13.9. The number of carbonyl (C=O) groups excluding carboxylic acids is 2. The van der Waals surface area contributed by atoms with Crippen LogP contribution >= 0.6 is 0 Å². The van der Waals surface area contributed by atoms with Crippen molar-refractivity contribution in [2.75, 3.05) is 36.4 Å². The van der Waals surface area contributed by atoms with Crippen molar-refractivity contribution in [2.45, 2.75) is 20.8 Å². The van der Waals surface area contributed by atoms with Crippen molar-refractivity contribution in [2.24, 2.45) is 5.41 Å². The summed E-state index contributed by atoms with van der Waals surface area (Å²) in [6, 6.07) is 8.17. The fraction of sp³-hybridized carbons (Fsp3) is 0.421. The Labute approximate surface area is 157 Å². The van der Waals surface area contributed by atoms with Crippen LogP contribution in [-0.2, 0) is 9.59 Å². The molecule has 3 rings (SSSR count). The Morgan fingerprint density at radius 2 is 1.85 bits per heavy atom. The highest BCUT2D eigenvalue weighted by atomic mass is 19.1. The standard InChI is InChI=1S/C19H23FN4O3/c1-13-12-16(22-27-13)21-17(25)19(2,3)18(26)24-10-8-23(9-11-24)15-7-5-4-6-14(15)20/h4-7,12H,8-11H2,1-3H3,(H,21,22,25). The number of benzene rings is 1. The van der Waals surface area contributed by atoms with Gasteiger partial charge in [-0.3, -0.25) is 9.59 Å². The summed E-state index contributed by atoms with van der Waals surface area (Å²) in [6.07, 6.45) is 0. The van der Waals surface area contributed by atoms with Crippen molar-refractivity contribution in [3.8, 4) is 0 Å². The van der Waals surface area contributed by atoms with Crippen LogP contribution in [-0.4, -0.2) is 48.0 Å². The van der Waals surface area contributed by atoms with Crippen LogP contribution in [0.5, 0.6) is 0 Å². The molecular weight excluding hydrogens is 351 g/mol. The molecule has 0 atom stereocenters. The molecule has 2 aromatic rings. The molecule has 1 aliphatic heterocycles. The third kappa shape index (κ3) is 3.94. The van der Waals surface area contributed by atoms with E-state index in [9.17, 15) is 14.0 Å². The summed E-state index contributed by atoms with van der Waals surface area (Å²) in [5, 5.41) is 6.33. The van der Waals surface area contributed by atoms with E-state index in [0.29, 0.717) is 37.6 Å². The minimum Gasteiger partial charge on any atom is -0.366 e. The largest absolute Gasteiger partial charge is 0.366 e. The van der Waals surface area contributed by atoms with Gasteiger partial charge >= 0.3 is 0 Å². The molecular formula is C19H23FN4O3. The van der Waals surface area contributed by atoms with E-state index in [2.05, 4.69) is 10.5 Å². The lowest BCUT2D eigenvalue weighted by molar-refractivity contribution is -0.146. The zero-order valence-electron chi connectivity index (χ0n) is 15.7. The molecule has 0 saturated carbocycles. The minimum atomic E-state index is -1.26. The van der Waals surface area contributed by atoms with E-state index >= 15 is 0 Å². The normalized spacial score (nSPS) is 15.0. The third-order valence-electron chi connectivity index (χ3n) is 4.73. The third-order valence-corrected chi connectivity index (χ3v) is 4.73. The quantitative estimate of drug-likeness (QED) is 0.832. The number of amides is 2. The van der Waals surface area contributed by atoms with Crippen molar-refractivity contribution in [1.82, 2.24) is 10.1 Å². The number of halogens is 1. The Morgan fingerprint density at radius 3 is 2.44 bits per heavy atom. The Kier molecular flexibility index (Phi) is 5.16. The number of hydrogen-bond donors (Lipinski definition) is 1. The van der Waals surface area contributed by atoms with Gasteiger partial charge in [-0.1, -0.05) is 17.3 Å². The zero-order valence-corrected chi connectivity index (χ0v) is 15.7. The number of aromatic nitrogens is 1. The van der Waals surface area contributed by atoms with Gasteiger partial charge in [0.15, 0.2) is 5.82 Å². The number of hydrogen-bond acceptors (Lipinski definition) is 5. The highest BCUT2D eigenvalue weighted by Gasteiger charge is 2.40. The lowest BCUT2D eigenvalue weighted by atomic mass is 9.90. The minimum absolute atomic E-state index is 0.270. The molecule has 0 radical (unpaired) electrons. The summed E-state index contributed by atoms with van der Waals surface area (Å²) in [7, 11) is 0. The lowest BCUT2D eigenvalue weighted by Crippen LogP contribution is -2.54. The molecule has 27 heavy (non-hydrogen) atoms. The molecule has 144 valence electrons. The topological polar surface area (TPSA) is 78.7 Å². The van der Waals surface area contributed by atoms with Gasteiger partial charge in [0.2, 0.25) is 11.8 Å². The molecule has 1 aromatic carbocycles. The monoisotopic (exact) mass is 374 g/mol. The molecule has 8 heteroatoms. The van der Waals surface area contributed by atoms with Crippen molar-refractivity contribution in [1.29, 1.82) is 0 Å². The molecule has 2 amide bonds. The Morgan fingerprint density at radius 1 is 1.19 bits per heavy atom. The molecule has 1 aliphatic rings. The van der Waals surface area contributed by atoms with Gasteiger partial charge in [0.05, 0.1) is 5.69 Å². The molecule has 2 heterocycles. The van der Waals surface area contributed by atoms with Gasteiger partial charge in [-0.25, -0.2) is 4.39 Å². The van der Waals surface area contributed by atoms with Gasteiger partial charge in [0.25, 0.3) is 0 Å². The van der Waals surface area contributed by atoms with E-state index in [-0.39, 0.29) is 17.5 Å². The van der Waals surface area contributed by atoms with Gasteiger partial charge in [-0.05, 0) is 32.9 Å². The van der Waals surface area contributed by atoms with E-state index in [0.717, 1.165) is 0 Å². The molecule has 1 N–H and O–H groups in total. The highest BCUT2D eigenvalue weighted by molar-refractivity contribution is 6.09. The van der Waals surface area contributed by atoms with Crippen LogP contribution in [0.2, 0.25) is 0 Å². The van der Waals surface area contributed by atoms with Crippen LogP contribution in [0.15, 0.2) is 34.9 Å². The Bertz CT molecular complexity index is 841. The number of aryl methyl sites for hydroxylation is 1. The first-order valence-corrected chi connectivity index (χ1v) is 8.82. The van der Waals surface area contributed by atoms with Crippen LogP contribution in [0, 0.1) is 18.2 Å². The molecule has 1 aromatic heterocycles. The number of para-hydroxylation sites is 1. The van der Waals surface area contributed by atoms with Gasteiger partial charge in [-0.2, -0.15) is 0 Å². The van der Waals surface area contributed by atoms with Gasteiger partial charge in [0, 0.05) is 32.2 Å². The second-order valence-corrected chi connectivity index (χ2v) is 7.13. The molecule has 0 bridgehead atoms. The van der Waals surface area contributed by atoms with Crippen LogP contribution in [0.1, 0.15) is 19.6 Å². The van der Waals surface area contributed by atoms with Crippen LogP contribution in [0.4, 0.5) is 15.9 Å². The average Bonchev–Trinajstić information content (AvgIpc) is 3.06. The van der Waals surface area contributed by atoms with Gasteiger partial charge in [-0.15, -0.1) is 0 Å². The van der Waals surface area contributed by atoms with E-state index in [1.807, 2.05) is 4.90 Å². The van der Waals surface area contributed by atoms with Crippen molar-refractivity contribution in [3.63, 3.8) is 0 Å². The summed E-state index contributed by atoms with van der Waals surface area (Å²) in [4.78, 5) is 29.0. The van der Waals surface area contributed by atoms with Gasteiger partial charge < -0.3 is 19.6 Å². The predicted octanol–water partition coefficient (Wildman–Crippen LogP) is 2.44. The van der Waals surface area contributed by atoms with Crippen molar-refractivity contribution < 1.29 is 18.5 Å². The van der Waals surface area contributed by atoms with E-state index < -0.39 is 11.3 Å². The highest BCUT2D eigenvalue weighted by Crippen LogP contribution is 2.25. The van der Waals surface area contributed by atoms with Crippen molar-refractivity contribution >= 4 is 23.3 Å². The Hall–Kier alpha value is -2.90. The van der Waals surface area contributed by atoms with Crippen molar-refractivity contribution in [3.05, 3.63) is 41.9 Å². The number of rotatable bonds is 4. The van der Waals surface area contributed by atoms with E-state index in [1.54, 1.807) is 49.9 Å². The summed E-state index contributed by atoms with van der Waals surface area (Å²) in [6.45, 7) is 6.75.